The topological polar surface area (TPSA) is 92.7 Å². The van der Waals surface area contributed by atoms with Crippen LogP contribution in [0, 0.1) is 0 Å². The molecule has 112 valence electrons. The zero-order chi connectivity index (χ0) is 15.0. The second kappa shape index (κ2) is 7.86. The van der Waals surface area contributed by atoms with E-state index in [-0.39, 0.29) is 24.3 Å². The maximum Gasteiger partial charge on any atom is 0.303 e. The van der Waals surface area contributed by atoms with Crippen molar-refractivity contribution in [3.63, 3.8) is 0 Å². The molecular weight excluding hydrogens is 282 g/mol. The van der Waals surface area contributed by atoms with Crippen LogP contribution >= 0.6 is 0 Å². The van der Waals surface area contributed by atoms with Crippen LogP contribution < -0.4 is 9.46 Å². The third-order valence-corrected chi connectivity index (χ3v) is 3.94. The monoisotopic (exact) mass is 301 g/mol. The van der Waals surface area contributed by atoms with Crippen molar-refractivity contribution in [1.29, 1.82) is 0 Å². The Morgan fingerprint density at radius 3 is 2.50 bits per heavy atom. The molecule has 0 aliphatic carbocycles. The van der Waals surface area contributed by atoms with Gasteiger partial charge in [-0.15, -0.1) is 0 Å². The highest BCUT2D eigenvalue weighted by molar-refractivity contribution is 7.89. The largest absolute Gasteiger partial charge is 0.494 e. The number of carboxylic acids is 1. The molecule has 1 rings (SSSR count). The predicted octanol–water partition coefficient (Wildman–Crippen LogP) is 1.62. The smallest absolute Gasteiger partial charge is 0.303 e. The molecule has 0 fully saturated rings. The Kier molecular flexibility index (Phi) is 6.47. The van der Waals surface area contributed by atoms with Crippen molar-refractivity contribution in [2.75, 3.05) is 13.2 Å². The van der Waals surface area contributed by atoms with E-state index < -0.39 is 16.0 Å². The van der Waals surface area contributed by atoms with Gasteiger partial charge in [-0.1, -0.05) is 6.92 Å². The lowest BCUT2D eigenvalue weighted by atomic mass is 10.3. The lowest BCUT2D eigenvalue weighted by molar-refractivity contribution is -0.137. The van der Waals surface area contributed by atoms with Gasteiger partial charge in [0.05, 0.1) is 11.5 Å². The van der Waals surface area contributed by atoms with E-state index in [2.05, 4.69) is 4.72 Å². The number of rotatable bonds is 9. The van der Waals surface area contributed by atoms with E-state index in [0.717, 1.165) is 6.42 Å². The minimum atomic E-state index is -3.59. The normalized spacial score (nSPS) is 11.2. The minimum Gasteiger partial charge on any atom is -0.494 e. The van der Waals surface area contributed by atoms with Gasteiger partial charge in [0, 0.05) is 13.0 Å². The van der Waals surface area contributed by atoms with Crippen LogP contribution in [0.4, 0.5) is 0 Å². The molecule has 0 saturated carbocycles. The van der Waals surface area contributed by atoms with Gasteiger partial charge < -0.3 is 9.84 Å². The molecule has 0 aliphatic rings. The molecule has 0 amide bonds. The first-order valence-electron chi connectivity index (χ1n) is 6.40. The van der Waals surface area contributed by atoms with Crippen LogP contribution in [0.3, 0.4) is 0 Å². The average molecular weight is 301 g/mol. The molecule has 0 unspecified atom stereocenters. The fraction of sp³-hybridized carbons (Fsp3) is 0.462. The van der Waals surface area contributed by atoms with Crippen molar-refractivity contribution in [3.8, 4) is 5.75 Å². The van der Waals surface area contributed by atoms with E-state index >= 15 is 0 Å². The van der Waals surface area contributed by atoms with E-state index in [1.807, 2.05) is 6.92 Å². The van der Waals surface area contributed by atoms with Gasteiger partial charge in [-0.3, -0.25) is 4.79 Å². The number of carboxylic acid groups (broad SMARTS) is 1. The Hall–Kier alpha value is -1.60. The van der Waals surface area contributed by atoms with E-state index in [4.69, 9.17) is 9.84 Å². The molecule has 0 spiro atoms. The van der Waals surface area contributed by atoms with Crippen LogP contribution in [0.15, 0.2) is 29.2 Å². The molecule has 7 heteroatoms. The van der Waals surface area contributed by atoms with Crippen LogP contribution in [0.5, 0.6) is 5.75 Å². The first-order valence-corrected chi connectivity index (χ1v) is 7.88. The molecule has 0 atom stereocenters. The Morgan fingerprint density at radius 2 is 1.95 bits per heavy atom. The Morgan fingerprint density at radius 1 is 1.30 bits per heavy atom. The zero-order valence-corrected chi connectivity index (χ0v) is 12.1. The zero-order valence-electron chi connectivity index (χ0n) is 11.3. The molecule has 6 nitrogen and oxygen atoms in total. The average Bonchev–Trinajstić information content (AvgIpc) is 2.42. The number of nitrogens with one attached hydrogen (secondary N) is 1. The molecule has 0 aromatic heterocycles. The number of benzene rings is 1. The summed E-state index contributed by atoms with van der Waals surface area (Å²) in [5, 5.41) is 8.47. The lowest BCUT2D eigenvalue weighted by Gasteiger charge is -2.08. The van der Waals surface area contributed by atoms with Gasteiger partial charge in [0.2, 0.25) is 10.0 Å². The number of hydrogen-bond acceptors (Lipinski definition) is 4. The van der Waals surface area contributed by atoms with Gasteiger partial charge in [-0.05, 0) is 37.1 Å². The molecule has 1 aromatic rings. The summed E-state index contributed by atoms with van der Waals surface area (Å²) in [6.07, 6.45) is 1.07. The molecule has 0 bridgehead atoms. The van der Waals surface area contributed by atoms with Gasteiger partial charge in [0.25, 0.3) is 0 Å². The molecule has 0 aliphatic heterocycles. The van der Waals surface area contributed by atoms with E-state index in [1.165, 1.54) is 12.1 Å². The maximum atomic E-state index is 11.9. The summed E-state index contributed by atoms with van der Waals surface area (Å²) in [6.45, 7) is 2.67. The number of sulfonamides is 1. The van der Waals surface area contributed by atoms with Gasteiger partial charge in [0.15, 0.2) is 0 Å². The Labute approximate surface area is 118 Å². The minimum absolute atomic E-state index is 0.0632. The van der Waals surface area contributed by atoms with E-state index in [0.29, 0.717) is 12.4 Å². The van der Waals surface area contributed by atoms with Gasteiger partial charge in [-0.2, -0.15) is 0 Å². The predicted molar refractivity (Wildman–Crippen MR) is 74.3 cm³/mol. The quantitative estimate of drug-likeness (QED) is 0.676. The summed E-state index contributed by atoms with van der Waals surface area (Å²) < 4.78 is 31.5. The SMILES string of the molecule is CCCOc1ccc(S(=O)(=O)NCCCC(=O)O)cc1. The van der Waals surface area contributed by atoms with E-state index in [9.17, 15) is 13.2 Å². The highest BCUT2D eigenvalue weighted by atomic mass is 32.2. The lowest BCUT2D eigenvalue weighted by Crippen LogP contribution is -2.25. The number of ether oxygens (including phenoxy) is 1. The molecule has 20 heavy (non-hydrogen) atoms. The first-order chi connectivity index (χ1) is 9.45. The Bertz CT molecular complexity index is 524. The third-order valence-electron chi connectivity index (χ3n) is 2.47. The van der Waals surface area contributed by atoms with Crippen LogP contribution in [-0.4, -0.2) is 32.6 Å². The van der Waals surface area contributed by atoms with Crippen molar-refractivity contribution in [2.45, 2.75) is 31.1 Å². The summed E-state index contributed by atoms with van der Waals surface area (Å²) in [5.74, 6) is -0.321. The molecule has 0 heterocycles. The van der Waals surface area contributed by atoms with Crippen molar-refractivity contribution < 1.29 is 23.1 Å². The highest BCUT2D eigenvalue weighted by Gasteiger charge is 2.13. The van der Waals surface area contributed by atoms with Crippen LogP contribution in [0.1, 0.15) is 26.2 Å². The van der Waals surface area contributed by atoms with Crippen molar-refractivity contribution >= 4 is 16.0 Å². The maximum absolute atomic E-state index is 11.9. The number of carbonyl (C=O) groups is 1. The second-order valence-corrected chi connectivity index (χ2v) is 5.98. The number of hydrogen-bond donors (Lipinski definition) is 2. The van der Waals surface area contributed by atoms with Gasteiger partial charge >= 0.3 is 5.97 Å². The molecule has 2 N–H and O–H groups in total. The summed E-state index contributed by atoms with van der Waals surface area (Å²) in [5.41, 5.74) is 0. The summed E-state index contributed by atoms with van der Waals surface area (Å²) in [4.78, 5) is 10.5. The molecule has 0 saturated heterocycles. The first kappa shape index (κ1) is 16.5. The van der Waals surface area contributed by atoms with Crippen molar-refractivity contribution in [1.82, 2.24) is 4.72 Å². The summed E-state index contributed by atoms with van der Waals surface area (Å²) in [6, 6.07) is 6.12. The van der Waals surface area contributed by atoms with Gasteiger partial charge in [0.1, 0.15) is 5.75 Å². The summed E-state index contributed by atoms with van der Waals surface area (Å²) >= 11 is 0. The number of aliphatic carboxylic acids is 1. The molecular formula is C13H19NO5S. The molecule has 1 aromatic carbocycles. The van der Waals surface area contributed by atoms with E-state index in [1.54, 1.807) is 12.1 Å². The van der Waals surface area contributed by atoms with Gasteiger partial charge in [-0.25, -0.2) is 13.1 Å². The fourth-order valence-corrected chi connectivity index (χ4v) is 2.54. The van der Waals surface area contributed by atoms with Crippen molar-refractivity contribution in [2.24, 2.45) is 0 Å². The summed E-state index contributed by atoms with van der Waals surface area (Å²) in [7, 11) is -3.59. The van der Waals surface area contributed by atoms with Crippen LogP contribution in [-0.2, 0) is 14.8 Å². The van der Waals surface area contributed by atoms with Crippen molar-refractivity contribution in [3.05, 3.63) is 24.3 Å². The van der Waals surface area contributed by atoms with Crippen LogP contribution in [0.25, 0.3) is 0 Å². The molecule has 0 radical (unpaired) electrons. The third kappa shape index (κ3) is 5.58. The highest BCUT2D eigenvalue weighted by Crippen LogP contribution is 2.16. The fourth-order valence-electron chi connectivity index (χ4n) is 1.46. The Balaban J connectivity index is 2.56. The second-order valence-electron chi connectivity index (χ2n) is 4.21. The van der Waals surface area contributed by atoms with Crippen LogP contribution in [0.2, 0.25) is 0 Å². The standard InChI is InChI=1S/C13H19NO5S/c1-2-10-19-11-5-7-12(8-6-11)20(17,18)14-9-3-4-13(15)16/h5-8,14H,2-4,9-10H2,1H3,(H,15,16).